The number of sulfone groups is 1. The van der Waals surface area contributed by atoms with E-state index < -0.39 is 9.84 Å². The fourth-order valence-corrected chi connectivity index (χ4v) is 4.80. The van der Waals surface area contributed by atoms with Crippen LogP contribution < -0.4 is 10.1 Å². The van der Waals surface area contributed by atoms with E-state index in [1.54, 1.807) is 19.1 Å². The molecule has 1 amide bonds. The first-order valence-corrected chi connectivity index (χ1v) is 12.1. The molecule has 0 bridgehead atoms. The van der Waals surface area contributed by atoms with E-state index in [0.29, 0.717) is 30.0 Å². The summed E-state index contributed by atoms with van der Waals surface area (Å²) in [6.45, 7) is 8.27. The fourth-order valence-electron chi connectivity index (χ4n) is 3.26. The summed E-state index contributed by atoms with van der Waals surface area (Å²) in [6.07, 6.45) is -0.122. The average Bonchev–Trinajstić information content (AvgIpc) is 3.10. The molecule has 3 aromatic rings. The van der Waals surface area contributed by atoms with Gasteiger partial charge in [0.2, 0.25) is 5.91 Å². The number of amides is 1. The van der Waals surface area contributed by atoms with E-state index in [1.807, 2.05) is 51.1 Å². The van der Waals surface area contributed by atoms with Gasteiger partial charge in [0, 0.05) is 24.1 Å². The van der Waals surface area contributed by atoms with E-state index in [1.165, 1.54) is 0 Å². The molecular formula is C24H28N2O5S. The van der Waals surface area contributed by atoms with Gasteiger partial charge in [-0.3, -0.25) is 4.79 Å². The minimum Gasteiger partial charge on any atom is -0.494 e. The Labute approximate surface area is 188 Å². The molecule has 0 aliphatic rings. The minimum absolute atomic E-state index is 0.122. The lowest BCUT2D eigenvalue weighted by Crippen LogP contribution is -2.25. The molecule has 0 unspecified atom stereocenters. The Balaban J connectivity index is 1.64. The highest BCUT2D eigenvalue weighted by atomic mass is 32.2. The standard InChI is InChI=1S/C24H28N2O5S/c1-5-30-21-10-7-19(8-11-21)15-25-23(27)12-13-32(28,29)22-14-20(9-6-16(22)2)24-17(3)18(4)26-31-24/h6-11,14H,5,12-13,15H2,1-4H3,(H,25,27). The zero-order valence-corrected chi connectivity index (χ0v) is 19.6. The molecule has 0 aliphatic carbocycles. The molecule has 170 valence electrons. The second-order valence-corrected chi connectivity index (χ2v) is 9.70. The van der Waals surface area contributed by atoms with E-state index in [4.69, 9.17) is 9.26 Å². The van der Waals surface area contributed by atoms with Crippen molar-refractivity contribution in [2.45, 2.75) is 45.6 Å². The van der Waals surface area contributed by atoms with E-state index in [2.05, 4.69) is 10.5 Å². The number of ether oxygens (including phenoxy) is 1. The first kappa shape index (κ1) is 23.5. The van der Waals surface area contributed by atoms with Crippen molar-refractivity contribution in [1.29, 1.82) is 0 Å². The Kier molecular flexibility index (Phi) is 7.35. The Morgan fingerprint density at radius 3 is 2.44 bits per heavy atom. The number of aryl methyl sites for hydroxylation is 2. The molecule has 8 heteroatoms. The summed E-state index contributed by atoms with van der Waals surface area (Å²) in [5.74, 6) is 0.716. The molecule has 1 N–H and O–H groups in total. The monoisotopic (exact) mass is 456 g/mol. The number of carbonyl (C=O) groups is 1. The smallest absolute Gasteiger partial charge is 0.221 e. The molecule has 2 aromatic carbocycles. The first-order chi connectivity index (χ1) is 15.2. The maximum atomic E-state index is 13.0. The fraction of sp³-hybridized carbons (Fsp3) is 0.333. The van der Waals surface area contributed by atoms with Crippen LogP contribution in [0, 0.1) is 20.8 Å². The highest BCUT2D eigenvalue weighted by Gasteiger charge is 2.21. The van der Waals surface area contributed by atoms with Crippen LogP contribution >= 0.6 is 0 Å². The zero-order chi connectivity index (χ0) is 23.3. The molecule has 7 nitrogen and oxygen atoms in total. The highest BCUT2D eigenvalue weighted by Crippen LogP contribution is 2.29. The quantitative estimate of drug-likeness (QED) is 0.519. The third-order valence-corrected chi connectivity index (χ3v) is 7.12. The van der Waals surface area contributed by atoms with Crippen LogP contribution in [0.2, 0.25) is 0 Å². The normalized spacial score (nSPS) is 11.4. The molecule has 1 aromatic heterocycles. The van der Waals surface area contributed by atoms with E-state index in [0.717, 1.165) is 22.6 Å². The lowest BCUT2D eigenvalue weighted by Gasteiger charge is -2.10. The second-order valence-electron chi connectivity index (χ2n) is 7.62. The number of nitrogens with one attached hydrogen (secondary N) is 1. The average molecular weight is 457 g/mol. The summed E-state index contributed by atoms with van der Waals surface area (Å²) in [5.41, 5.74) is 3.80. The highest BCUT2D eigenvalue weighted by molar-refractivity contribution is 7.91. The van der Waals surface area contributed by atoms with Crippen LogP contribution in [0.15, 0.2) is 51.9 Å². The van der Waals surface area contributed by atoms with Gasteiger partial charge in [-0.1, -0.05) is 29.4 Å². The number of hydrogen-bond donors (Lipinski definition) is 1. The van der Waals surface area contributed by atoms with Crippen molar-refractivity contribution < 1.29 is 22.5 Å². The van der Waals surface area contributed by atoms with Crippen LogP contribution in [0.5, 0.6) is 5.75 Å². The van der Waals surface area contributed by atoms with E-state index in [-0.39, 0.29) is 23.0 Å². The summed E-state index contributed by atoms with van der Waals surface area (Å²) in [4.78, 5) is 12.5. The molecule has 3 rings (SSSR count). The molecule has 0 aliphatic heterocycles. The summed E-state index contributed by atoms with van der Waals surface area (Å²) in [5, 5.41) is 6.71. The van der Waals surface area contributed by atoms with Crippen LogP contribution in [0.4, 0.5) is 0 Å². The zero-order valence-electron chi connectivity index (χ0n) is 18.8. The summed E-state index contributed by atoms with van der Waals surface area (Å²) >= 11 is 0. The molecule has 0 saturated heterocycles. The van der Waals surface area contributed by atoms with Gasteiger partial charge < -0.3 is 14.6 Å². The van der Waals surface area contributed by atoms with Gasteiger partial charge >= 0.3 is 0 Å². The van der Waals surface area contributed by atoms with Crippen molar-refractivity contribution in [2.75, 3.05) is 12.4 Å². The molecule has 0 fully saturated rings. The number of nitrogens with zero attached hydrogens (tertiary/aromatic N) is 1. The third kappa shape index (κ3) is 5.56. The van der Waals surface area contributed by atoms with Gasteiger partial charge in [-0.25, -0.2) is 8.42 Å². The molecule has 0 spiro atoms. The predicted octanol–water partition coefficient (Wildman–Crippen LogP) is 4.15. The maximum Gasteiger partial charge on any atom is 0.221 e. The summed E-state index contributed by atoms with van der Waals surface area (Å²) in [6, 6.07) is 12.5. The van der Waals surface area contributed by atoms with Crippen molar-refractivity contribution in [1.82, 2.24) is 10.5 Å². The largest absolute Gasteiger partial charge is 0.494 e. The number of rotatable bonds is 9. The number of hydrogen-bond acceptors (Lipinski definition) is 6. The Hall–Kier alpha value is -3.13. The van der Waals surface area contributed by atoms with Crippen LogP contribution in [0.25, 0.3) is 11.3 Å². The van der Waals surface area contributed by atoms with Crippen molar-refractivity contribution in [3.8, 4) is 17.1 Å². The van der Waals surface area contributed by atoms with Crippen LogP contribution in [0.3, 0.4) is 0 Å². The number of benzene rings is 2. The van der Waals surface area contributed by atoms with Crippen LogP contribution in [-0.2, 0) is 21.2 Å². The maximum absolute atomic E-state index is 13.0. The van der Waals surface area contributed by atoms with Gasteiger partial charge in [-0.05, 0) is 57.0 Å². The lowest BCUT2D eigenvalue weighted by molar-refractivity contribution is -0.120. The third-order valence-electron chi connectivity index (χ3n) is 5.26. The van der Waals surface area contributed by atoms with Crippen molar-refractivity contribution in [3.63, 3.8) is 0 Å². The van der Waals surface area contributed by atoms with Crippen molar-refractivity contribution in [2.24, 2.45) is 0 Å². The van der Waals surface area contributed by atoms with Gasteiger partial charge in [-0.15, -0.1) is 0 Å². The summed E-state index contributed by atoms with van der Waals surface area (Å²) in [7, 11) is -3.66. The van der Waals surface area contributed by atoms with Crippen LogP contribution in [0.1, 0.15) is 35.7 Å². The summed E-state index contributed by atoms with van der Waals surface area (Å²) < 4.78 is 36.7. The van der Waals surface area contributed by atoms with Gasteiger partial charge in [0.1, 0.15) is 5.75 Å². The van der Waals surface area contributed by atoms with Crippen molar-refractivity contribution >= 4 is 15.7 Å². The molecule has 0 atom stereocenters. The molecule has 0 saturated carbocycles. The molecular weight excluding hydrogens is 428 g/mol. The van der Waals surface area contributed by atoms with Gasteiger partial charge in [0.15, 0.2) is 15.6 Å². The Bertz CT molecular complexity index is 1200. The number of aromatic nitrogens is 1. The van der Waals surface area contributed by atoms with Gasteiger partial charge in [0.05, 0.1) is 22.9 Å². The molecule has 1 heterocycles. The first-order valence-electron chi connectivity index (χ1n) is 10.5. The van der Waals surface area contributed by atoms with E-state index >= 15 is 0 Å². The van der Waals surface area contributed by atoms with Gasteiger partial charge in [-0.2, -0.15) is 0 Å². The Morgan fingerprint density at radius 2 is 1.81 bits per heavy atom. The SMILES string of the molecule is CCOc1ccc(CNC(=O)CCS(=O)(=O)c2cc(-c3onc(C)c3C)ccc2C)cc1. The van der Waals surface area contributed by atoms with E-state index in [9.17, 15) is 13.2 Å². The van der Waals surface area contributed by atoms with Gasteiger partial charge in [0.25, 0.3) is 0 Å². The second kappa shape index (κ2) is 9.99. The Morgan fingerprint density at radius 1 is 1.09 bits per heavy atom. The molecule has 32 heavy (non-hydrogen) atoms. The number of carbonyl (C=O) groups excluding carboxylic acids is 1. The topological polar surface area (TPSA) is 98.5 Å². The lowest BCUT2D eigenvalue weighted by atomic mass is 10.1. The predicted molar refractivity (Wildman–Crippen MR) is 122 cm³/mol. The minimum atomic E-state index is -3.66. The molecule has 0 radical (unpaired) electrons. The van der Waals surface area contributed by atoms with Crippen LogP contribution in [-0.4, -0.2) is 31.8 Å². The van der Waals surface area contributed by atoms with Crippen molar-refractivity contribution in [3.05, 3.63) is 64.8 Å².